The molecule has 19 heavy (non-hydrogen) atoms. The minimum atomic E-state index is 0.272. The predicted molar refractivity (Wildman–Crippen MR) is 71.6 cm³/mol. The molecule has 0 bridgehead atoms. The van der Waals surface area contributed by atoms with E-state index in [1.807, 2.05) is 13.0 Å². The third-order valence-corrected chi connectivity index (χ3v) is 4.52. The van der Waals surface area contributed by atoms with Gasteiger partial charge in [-0.2, -0.15) is 0 Å². The summed E-state index contributed by atoms with van der Waals surface area (Å²) in [5.74, 6) is 1.61. The number of rotatable bonds is 3. The largest absolute Gasteiger partial charge is 0.361 e. The molecule has 0 amide bonds. The average molecular weight is 262 g/mol. The Morgan fingerprint density at radius 2 is 2.26 bits per heavy atom. The summed E-state index contributed by atoms with van der Waals surface area (Å²) in [5.41, 5.74) is 0.995. The number of hydrogen-bond acceptors (Lipinski definition) is 4. The number of aryl methyl sites for hydroxylation is 1. The first-order valence-electron chi connectivity index (χ1n) is 7.43. The number of carbonyl (C=O) groups is 1. The van der Waals surface area contributed by atoms with Crippen LogP contribution in [0.15, 0.2) is 10.6 Å². The van der Waals surface area contributed by atoms with Crippen LogP contribution in [0.2, 0.25) is 0 Å². The van der Waals surface area contributed by atoms with Gasteiger partial charge in [-0.05, 0) is 39.2 Å². The van der Waals surface area contributed by atoms with E-state index in [1.54, 1.807) is 0 Å². The van der Waals surface area contributed by atoms with E-state index in [0.29, 0.717) is 11.8 Å². The first-order chi connectivity index (χ1) is 9.24. The van der Waals surface area contributed by atoms with Crippen LogP contribution >= 0.6 is 0 Å². The molecule has 4 heteroatoms. The van der Waals surface area contributed by atoms with Gasteiger partial charge in [-0.1, -0.05) is 11.6 Å². The van der Waals surface area contributed by atoms with Crippen molar-refractivity contribution in [2.75, 3.05) is 6.54 Å². The lowest BCUT2D eigenvalue weighted by atomic mass is 9.88. The molecule has 3 rings (SSSR count). The molecular weight excluding hydrogens is 240 g/mol. The first kappa shape index (κ1) is 12.9. The van der Waals surface area contributed by atoms with Crippen molar-refractivity contribution < 1.29 is 9.32 Å². The highest BCUT2D eigenvalue weighted by Crippen LogP contribution is 2.33. The number of aromatic nitrogens is 1. The van der Waals surface area contributed by atoms with E-state index in [2.05, 4.69) is 10.1 Å². The zero-order valence-electron chi connectivity index (χ0n) is 11.6. The minimum absolute atomic E-state index is 0.272. The van der Waals surface area contributed by atoms with Gasteiger partial charge in [0, 0.05) is 31.0 Å². The average Bonchev–Trinajstić information content (AvgIpc) is 2.99. The molecule has 1 aliphatic heterocycles. The third-order valence-electron chi connectivity index (χ3n) is 4.52. The van der Waals surface area contributed by atoms with Crippen molar-refractivity contribution in [2.45, 2.75) is 58.0 Å². The molecule has 2 unspecified atom stereocenters. The van der Waals surface area contributed by atoms with Crippen LogP contribution in [0.3, 0.4) is 0 Å². The van der Waals surface area contributed by atoms with E-state index < -0.39 is 0 Å². The maximum Gasteiger partial charge on any atom is 0.137 e. The summed E-state index contributed by atoms with van der Waals surface area (Å²) in [6.07, 6.45) is 6.59. The SMILES string of the molecule is Cc1cc(CN2CCCCC2C2CCCC2=O)no1. The molecule has 1 aliphatic carbocycles. The summed E-state index contributed by atoms with van der Waals surface area (Å²) in [7, 11) is 0. The number of hydrogen-bond donors (Lipinski definition) is 0. The first-order valence-corrected chi connectivity index (χ1v) is 7.43. The van der Waals surface area contributed by atoms with Gasteiger partial charge in [0.25, 0.3) is 0 Å². The Hall–Kier alpha value is -1.16. The van der Waals surface area contributed by atoms with E-state index in [0.717, 1.165) is 50.2 Å². The number of carbonyl (C=O) groups excluding carboxylic acids is 1. The van der Waals surface area contributed by atoms with Crippen molar-refractivity contribution in [1.82, 2.24) is 10.1 Å². The second-order valence-corrected chi connectivity index (χ2v) is 5.93. The summed E-state index contributed by atoms with van der Waals surface area (Å²) in [5, 5.41) is 4.09. The molecule has 1 aromatic rings. The van der Waals surface area contributed by atoms with E-state index in [-0.39, 0.29) is 5.92 Å². The summed E-state index contributed by atoms with van der Waals surface area (Å²) in [4.78, 5) is 14.5. The summed E-state index contributed by atoms with van der Waals surface area (Å²) >= 11 is 0. The highest BCUT2D eigenvalue weighted by molar-refractivity contribution is 5.83. The molecule has 0 N–H and O–H groups in total. The van der Waals surface area contributed by atoms with E-state index in [1.165, 1.54) is 12.8 Å². The van der Waals surface area contributed by atoms with Crippen LogP contribution in [-0.4, -0.2) is 28.4 Å². The Bertz CT molecular complexity index is 455. The van der Waals surface area contributed by atoms with Crippen LogP contribution in [0.5, 0.6) is 0 Å². The van der Waals surface area contributed by atoms with Gasteiger partial charge in [-0.3, -0.25) is 9.69 Å². The van der Waals surface area contributed by atoms with Crippen molar-refractivity contribution in [3.8, 4) is 0 Å². The number of likely N-dealkylation sites (tertiary alicyclic amines) is 1. The van der Waals surface area contributed by atoms with Gasteiger partial charge in [0.2, 0.25) is 0 Å². The lowest BCUT2D eigenvalue weighted by molar-refractivity contribution is -0.123. The molecule has 0 spiro atoms. The fourth-order valence-corrected chi connectivity index (χ4v) is 3.62. The van der Waals surface area contributed by atoms with E-state index in [4.69, 9.17) is 4.52 Å². The molecule has 1 saturated carbocycles. The molecule has 2 aliphatic rings. The molecule has 2 atom stereocenters. The zero-order chi connectivity index (χ0) is 13.2. The molecule has 2 fully saturated rings. The van der Waals surface area contributed by atoms with Gasteiger partial charge in [0.05, 0.1) is 5.69 Å². The Morgan fingerprint density at radius 3 is 2.95 bits per heavy atom. The lowest BCUT2D eigenvalue weighted by Crippen LogP contribution is -2.44. The fraction of sp³-hybridized carbons (Fsp3) is 0.733. The molecular formula is C15H22N2O2. The van der Waals surface area contributed by atoms with Crippen molar-refractivity contribution in [3.63, 3.8) is 0 Å². The maximum atomic E-state index is 12.0. The van der Waals surface area contributed by atoms with Crippen LogP contribution < -0.4 is 0 Å². The molecule has 2 heterocycles. The number of piperidine rings is 1. The minimum Gasteiger partial charge on any atom is -0.361 e. The fourth-order valence-electron chi connectivity index (χ4n) is 3.62. The van der Waals surface area contributed by atoms with Gasteiger partial charge in [0.1, 0.15) is 11.5 Å². The predicted octanol–water partition coefficient (Wildman–Crippen LogP) is 2.71. The van der Waals surface area contributed by atoms with Crippen molar-refractivity contribution in [2.24, 2.45) is 5.92 Å². The molecule has 0 radical (unpaired) electrons. The highest BCUT2D eigenvalue weighted by atomic mass is 16.5. The van der Waals surface area contributed by atoms with Gasteiger partial charge in [-0.15, -0.1) is 0 Å². The Morgan fingerprint density at radius 1 is 1.37 bits per heavy atom. The summed E-state index contributed by atoms with van der Waals surface area (Å²) < 4.78 is 5.14. The second kappa shape index (κ2) is 5.45. The molecule has 4 nitrogen and oxygen atoms in total. The van der Waals surface area contributed by atoms with Crippen molar-refractivity contribution in [1.29, 1.82) is 0 Å². The maximum absolute atomic E-state index is 12.0. The zero-order valence-corrected chi connectivity index (χ0v) is 11.6. The highest BCUT2D eigenvalue weighted by Gasteiger charge is 2.36. The molecule has 104 valence electrons. The Kier molecular flexibility index (Phi) is 3.69. The Balaban J connectivity index is 1.71. The van der Waals surface area contributed by atoms with Crippen LogP contribution in [0.1, 0.15) is 50.0 Å². The van der Waals surface area contributed by atoms with Crippen molar-refractivity contribution >= 4 is 5.78 Å². The van der Waals surface area contributed by atoms with Gasteiger partial charge in [0.15, 0.2) is 0 Å². The third kappa shape index (κ3) is 2.73. The van der Waals surface area contributed by atoms with Crippen LogP contribution in [0.25, 0.3) is 0 Å². The lowest BCUT2D eigenvalue weighted by Gasteiger charge is -2.38. The standard InChI is InChI=1S/C15H22N2O2/c1-11-9-12(16-19-11)10-17-8-3-2-6-14(17)13-5-4-7-15(13)18/h9,13-14H,2-8,10H2,1H3. The normalized spacial score (nSPS) is 29.0. The van der Waals surface area contributed by atoms with Gasteiger partial charge in [-0.25, -0.2) is 0 Å². The second-order valence-electron chi connectivity index (χ2n) is 5.93. The summed E-state index contributed by atoms with van der Waals surface area (Å²) in [6.45, 7) is 3.83. The van der Waals surface area contributed by atoms with Gasteiger partial charge >= 0.3 is 0 Å². The number of Topliss-reactive ketones (excluding diaryl/α,β-unsaturated/α-hetero) is 1. The van der Waals surface area contributed by atoms with E-state index in [9.17, 15) is 4.79 Å². The quantitative estimate of drug-likeness (QED) is 0.840. The van der Waals surface area contributed by atoms with E-state index >= 15 is 0 Å². The molecule has 1 aromatic heterocycles. The summed E-state index contributed by atoms with van der Waals surface area (Å²) in [6, 6.07) is 2.43. The monoisotopic (exact) mass is 262 g/mol. The van der Waals surface area contributed by atoms with Crippen LogP contribution in [-0.2, 0) is 11.3 Å². The number of nitrogens with zero attached hydrogens (tertiary/aromatic N) is 2. The van der Waals surface area contributed by atoms with Crippen LogP contribution in [0, 0.1) is 12.8 Å². The number of ketones is 1. The van der Waals surface area contributed by atoms with Gasteiger partial charge < -0.3 is 4.52 Å². The van der Waals surface area contributed by atoms with Crippen LogP contribution in [0.4, 0.5) is 0 Å². The smallest absolute Gasteiger partial charge is 0.137 e. The Labute approximate surface area is 114 Å². The molecule has 1 saturated heterocycles. The van der Waals surface area contributed by atoms with Crippen molar-refractivity contribution in [3.05, 3.63) is 17.5 Å². The molecule has 0 aromatic carbocycles. The topological polar surface area (TPSA) is 46.3 Å².